The van der Waals surface area contributed by atoms with Gasteiger partial charge in [0.15, 0.2) is 5.65 Å². The number of amides is 2. The first-order valence-electron chi connectivity index (χ1n) is 12.0. The molecule has 8 heteroatoms. The molecule has 2 saturated heterocycles. The number of benzene rings is 1. The van der Waals surface area contributed by atoms with Gasteiger partial charge >= 0.3 is 0 Å². The van der Waals surface area contributed by atoms with Gasteiger partial charge in [0.25, 0.3) is 0 Å². The molecule has 0 unspecified atom stereocenters. The number of likely N-dealkylation sites (tertiary alicyclic amines) is 1. The minimum absolute atomic E-state index is 0. The number of carbonyl (C=O) groups excluding carboxylic acids is 2. The zero-order valence-electron chi connectivity index (χ0n) is 19.8. The average Bonchev–Trinajstić information content (AvgIpc) is 3.22. The minimum atomic E-state index is -0.229. The Morgan fingerprint density at radius 3 is 2.34 bits per heavy atom. The van der Waals surface area contributed by atoms with Crippen molar-refractivity contribution in [3.63, 3.8) is 0 Å². The number of aromatic nitrogens is 2. The molecule has 4 heterocycles. The molecule has 2 N–H and O–H groups in total. The number of piperidine rings is 2. The van der Waals surface area contributed by atoms with Gasteiger partial charge in [0, 0.05) is 39.0 Å². The zero-order valence-corrected chi connectivity index (χ0v) is 19.8. The van der Waals surface area contributed by atoms with Crippen molar-refractivity contribution in [2.75, 3.05) is 31.1 Å². The smallest absolute Gasteiger partial charge is 0.220 e. The van der Waals surface area contributed by atoms with Crippen LogP contribution in [0.15, 0.2) is 24.3 Å². The van der Waals surface area contributed by atoms with Gasteiger partial charge in [-0.1, -0.05) is 19.6 Å². The van der Waals surface area contributed by atoms with E-state index < -0.39 is 0 Å². The number of imidazole rings is 1. The van der Waals surface area contributed by atoms with E-state index in [0.29, 0.717) is 24.3 Å². The number of nitrogens with zero attached hydrogens (tertiary/aromatic N) is 5. The predicted molar refractivity (Wildman–Crippen MR) is 137 cm³/mol. The summed E-state index contributed by atoms with van der Waals surface area (Å²) in [5.41, 5.74) is 10.9. The van der Waals surface area contributed by atoms with E-state index in [9.17, 15) is 14.9 Å². The molecule has 184 valence electrons. The summed E-state index contributed by atoms with van der Waals surface area (Å²) in [6.45, 7) is 6.57. The van der Waals surface area contributed by atoms with Gasteiger partial charge in [-0.05, 0) is 61.8 Å². The Kier molecular flexibility index (Phi) is 6.70. The first-order chi connectivity index (χ1) is 16.4. The maximum atomic E-state index is 11.9. The third-order valence-electron chi connectivity index (χ3n) is 7.66. The van der Waals surface area contributed by atoms with E-state index in [1.807, 2.05) is 29.2 Å². The van der Waals surface area contributed by atoms with Crippen LogP contribution in [0.5, 0.6) is 0 Å². The summed E-state index contributed by atoms with van der Waals surface area (Å²) >= 11 is 0. The van der Waals surface area contributed by atoms with Crippen molar-refractivity contribution in [2.24, 2.45) is 11.7 Å². The molecule has 0 atom stereocenters. The average molecular weight is 475 g/mol. The van der Waals surface area contributed by atoms with E-state index in [1.54, 1.807) is 6.92 Å². The van der Waals surface area contributed by atoms with Gasteiger partial charge in [-0.25, -0.2) is 4.98 Å². The van der Waals surface area contributed by atoms with Crippen LogP contribution >= 0.6 is 0 Å². The summed E-state index contributed by atoms with van der Waals surface area (Å²) in [7, 11) is 0. The number of pyridine rings is 1. The number of fused-ring (bicyclic) bond motifs is 3. The van der Waals surface area contributed by atoms with E-state index in [4.69, 9.17) is 10.7 Å². The highest BCUT2D eigenvalue weighted by Gasteiger charge is 2.32. The lowest BCUT2D eigenvalue weighted by atomic mass is 9.84. The van der Waals surface area contributed by atoms with Gasteiger partial charge in [-0.2, -0.15) is 5.26 Å². The molecule has 8 nitrogen and oxygen atoms in total. The molecule has 0 aliphatic carbocycles. The van der Waals surface area contributed by atoms with Crippen LogP contribution in [0.3, 0.4) is 0 Å². The number of rotatable bonds is 3. The van der Waals surface area contributed by atoms with Gasteiger partial charge in [0.2, 0.25) is 11.8 Å². The van der Waals surface area contributed by atoms with Crippen molar-refractivity contribution in [1.82, 2.24) is 14.3 Å². The van der Waals surface area contributed by atoms with Crippen molar-refractivity contribution >= 4 is 34.3 Å². The monoisotopic (exact) mass is 474 g/mol. The number of anilines is 1. The number of primary amides is 1. The van der Waals surface area contributed by atoms with Crippen LogP contribution in [-0.2, 0) is 9.59 Å². The lowest BCUT2D eigenvalue weighted by Gasteiger charge is -2.37. The first-order valence-corrected chi connectivity index (χ1v) is 12.0. The Bertz CT molecular complexity index is 1320. The van der Waals surface area contributed by atoms with Gasteiger partial charge in [-0.3, -0.25) is 14.0 Å². The summed E-state index contributed by atoms with van der Waals surface area (Å²) in [6.07, 6.45) is 3.09. The SMILES string of the molecule is C.CC(=O)N1CCC(c2c(C)c(N3CCC(C(N)=O)CC3)n3c(nc4ccccc43)c2C#N)CC1. The standard InChI is InChI=1S/C26H30N6O2.CH4/c1-16-23(18-7-11-30(12-8-18)17(2)33)20(15-27)25-29-21-5-3-4-6-22(21)32(25)26(16)31-13-9-19(10-14-31)24(28)34;/h3-6,18-19H,7-14H2,1-2H3,(H2,28,34);1H4. The molecular formula is C27H34N6O2. The number of nitrogens with two attached hydrogens (primary N) is 1. The Labute approximate surface area is 206 Å². The molecule has 35 heavy (non-hydrogen) atoms. The van der Waals surface area contributed by atoms with Gasteiger partial charge in [0.1, 0.15) is 11.9 Å². The normalized spacial score (nSPS) is 17.4. The summed E-state index contributed by atoms with van der Waals surface area (Å²) < 4.78 is 2.13. The molecule has 2 fully saturated rings. The van der Waals surface area contributed by atoms with E-state index >= 15 is 0 Å². The fourth-order valence-corrected chi connectivity index (χ4v) is 5.86. The summed E-state index contributed by atoms with van der Waals surface area (Å²) in [4.78, 5) is 32.7. The quantitative estimate of drug-likeness (QED) is 0.622. The number of para-hydroxylation sites is 2. The fraction of sp³-hybridized carbons (Fsp3) is 0.481. The second-order valence-electron chi connectivity index (χ2n) is 9.55. The van der Waals surface area contributed by atoms with E-state index in [1.165, 1.54) is 0 Å². The third kappa shape index (κ3) is 4.09. The summed E-state index contributed by atoms with van der Waals surface area (Å²) in [5, 5.41) is 10.3. The molecule has 2 amide bonds. The molecule has 5 rings (SSSR count). The van der Waals surface area contributed by atoms with Gasteiger partial charge < -0.3 is 15.5 Å². The molecule has 0 bridgehead atoms. The van der Waals surface area contributed by atoms with E-state index in [-0.39, 0.29) is 31.1 Å². The molecule has 0 spiro atoms. The molecule has 0 saturated carbocycles. The first kappa shape index (κ1) is 24.5. The van der Waals surface area contributed by atoms with E-state index in [0.717, 1.165) is 66.8 Å². The molecule has 2 aromatic heterocycles. The highest BCUT2D eigenvalue weighted by molar-refractivity contribution is 5.86. The summed E-state index contributed by atoms with van der Waals surface area (Å²) in [5.74, 6) is 1.02. The van der Waals surface area contributed by atoms with Crippen LogP contribution in [0.4, 0.5) is 5.82 Å². The molecule has 1 aromatic carbocycles. The van der Waals surface area contributed by atoms with Crippen LogP contribution < -0.4 is 10.6 Å². The number of hydrogen-bond acceptors (Lipinski definition) is 5. The molecule has 0 radical (unpaired) electrons. The van der Waals surface area contributed by atoms with Crippen LogP contribution in [0, 0.1) is 24.2 Å². The zero-order chi connectivity index (χ0) is 24.0. The van der Waals surface area contributed by atoms with Crippen molar-refractivity contribution in [3.05, 3.63) is 41.0 Å². The Morgan fingerprint density at radius 2 is 1.74 bits per heavy atom. The number of hydrogen-bond donors (Lipinski definition) is 1. The van der Waals surface area contributed by atoms with Crippen LogP contribution in [0.2, 0.25) is 0 Å². The lowest BCUT2D eigenvalue weighted by Crippen LogP contribution is -2.40. The van der Waals surface area contributed by atoms with E-state index in [2.05, 4.69) is 22.3 Å². The summed E-state index contributed by atoms with van der Waals surface area (Å²) in [6, 6.07) is 10.5. The number of carbonyl (C=O) groups is 2. The predicted octanol–water partition coefficient (Wildman–Crippen LogP) is 3.73. The fourth-order valence-electron chi connectivity index (χ4n) is 5.86. The second-order valence-corrected chi connectivity index (χ2v) is 9.55. The van der Waals surface area contributed by atoms with Gasteiger partial charge in [0.05, 0.1) is 16.6 Å². The minimum Gasteiger partial charge on any atom is -0.369 e. The van der Waals surface area contributed by atoms with Crippen molar-refractivity contribution in [1.29, 1.82) is 5.26 Å². The maximum Gasteiger partial charge on any atom is 0.220 e. The molecular weight excluding hydrogens is 440 g/mol. The van der Waals surface area contributed by atoms with Crippen molar-refractivity contribution < 1.29 is 9.59 Å². The Balaban J connectivity index is 0.00000289. The second kappa shape index (κ2) is 9.57. The number of nitriles is 1. The third-order valence-corrected chi connectivity index (χ3v) is 7.66. The Hall–Kier alpha value is -3.60. The van der Waals surface area contributed by atoms with Crippen molar-refractivity contribution in [3.8, 4) is 6.07 Å². The van der Waals surface area contributed by atoms with Crippen molar-refractivity contribution in [2.45, 2.75) is 52.9 Å². The molecule has 2 aliphatic rings. The van der Waals surface area contributed by atoms with Gasteiger partial charge in [-0.15, -0.1) is 0 Å². The molecule has 2 aliphatic heterocycles. The molecule has 3 aromatic rings. The van der Waals surface area contributed by atoms with Crippen LogP contribution in [0.25, 0.3) is 16.7 Å². The van der Waals surface area contributed by atoms with Crippen LogP contribution in [-0.4, -0.2) is 52.3 Å². The lowest BCUT2D eigenvalue weighted by molar-refractivity contribution is -0.129. The topological polar surface area (TPSA) is 108 Å². The van der Waals surface area contributed by atoms with Crippen LogP contribution in [0.1, 0.15) is 62.6 Å². The largest absolute Gasteiger partial charge is 0.369 e. The highest BCUT2D eigenvalue weighted by atomic mass is 16.2. The maximum absolute atomic E-state index is 11.9. The Morgan fingerprint density at radius 1 is 1.09 bits per heavy atom. The highest BCUT2D eigenvalue weighted by Crippen LogP contribution is 2.40.